The van der Waals surface area contributed by atoms with Gasteiger partial charge in [-0.2, -0.15) is 0 Å². The Morgan fingerprint density at radius 1 is 1.22 bits per heavy atom. The maximum Gasteiger partial charge on any atom is 0.573 e. The number of rotatable bonds is 8. The van der Waals surface area contributed by atoms with Gasteiger partial charge in [0.25, 0.3) is 5.91 Å². The first kappa shape index (κ1) is 25.6. The Morgan fingerprint density at radius 3 is 2.34 bits per heavy atom. The summed E-state index contributed by atoms with van der Waals surface area (Å²) in [6, 6.07) is 3.18. The second-order valence-electron chi connectivity index (χ2n) is 7.50. The summed E-state index contributed by atoms with van der Waals surface area (Å²) in [5.74, 6) is -1.28. The fourth-order valence-electron chi connectivity index (χ4n) is 3.52. The standard InChI is InChI=1S/C21H26F3N3O4S/c1-5-7-16(6-2)20(3,4)27-12-10-26(11-13-27)19(28)15-8-9-17(25-32(29)30)18(14-15)31-21(22,23)24/h5-9,14,25H,1-2,10-13H2,3-4H3,(H,29,30)/p-1/b16-7+. The lowest BCUT2D eigenvalue weighted by molar-refractivity contribution is -0.274. The summed E-state index contributed by atoms with van der Waals surface area (Å²) < 4.78 is 65.6. The predicted molar refractivity (Wildman–Crippen MR) is 116 cm³/mol. The normalized spacial score (nSPS) is 16.9. The summed E-state index contributed by atoms with van der Waals surface area (Å²) >= 11 is -2.86. The summed E-state index contributed by atoms with van der Waals surface area (Å²) in [6.45, 7) is 13.4. The highest BCUT2D eigenvalue weighted by Gasteiger charge is 2.35. The van der Waals surface area contributed by atoms with Crippen molar-refractivity contribution in [3.05, 3.63) is 60.7 Å². The number of hydrogen-bond donors (Lipinski definition) is 1. The van der Waals surface area contributed by atoms with Crippen molar-refractivity contribution in [2.45, 2.75) is 25.7 Å². The van der Waals surface area contributed by atoms with Crippen LogP contribution in [0.1, 0.15) is 24.2 Å². The number of nitrogens with zero attached hydrogens (tertiary/aromatic N) is 2. The molecule has 1 atom stereocenters. The molecule has 1 aliphatic rings. The summed E-state index contributed by atoms with van der Waals surface area (Å²) in [5, 5.41) is 0. The SMILES string of the molecule is C=C/C=C(\C=C)C(C)(C)N1CCN(C(=O)c2ccc(NS(=O)[O-])c(OC(F)(F)F)c2)CC1. The summed E-state index contributed by atoms with van der Waals surface area (Å²) in [5.41, 5.74) is 0.155. The van der Waals surface area contributed by atoms with Gasteiger partial charge in [-0.05, 0) is 37.6 Å². The highest BCUT2D eigenvalue weighted by molar-refractivity contribution is 7.80. The number of amides is 1. The van der Waals surface area contributed by atoms with Crippen molar-refractivity contribution in [2.75, 3.05) is 30.9 Å². The summed E-state index contributed by atoms with van der Waals surface area (Å²) in [4.78, 5) is 16.6. The number of alkyl halides is 3. The molecule has 1 amide bonds. The Hall–Kier alpha value is -2.63. The zero-order valence-electron chi connectivity index (χ0n) is 17.8. The minimum atomic E-state index is -5.05. The van der Waals surface area contributed by atoms with Crippen molar-refractivity contribution < 1.29 is 31.5 Å². The molecule has 176 valence electrons. The van der Waals surface area contributed by atoms with Gasteiger partial charge >= 0.3 is 6.36 Å². The molecule has 0 aliphatic carbocycles. The van der Waals surface area contributed by atoms with Crippen molar-refractivity contribution in [2.24, 2.45) is 0 Å². The number of allylic oxidation sites excluding steroid dienone is 2. The van der Waals surface area contributed by atoms with Gasteiger partial charge in [-0.1, -0.05) is 31.4 Å². The molecule has 1 aromatic carbocycles. The number of carbonyl (C=O) groups is 1. The molecule has 1 aromatic rings. The fourth-order valence-corrected chi connectivity index (χ4v) is 3.87. The van der Waals surface area contributed by atoms with E-state index in [4.69, 9.17) is 0 Å². The molecule has 0 aromatic heterocycles. The molecule has 7 nitrogen and oxygen atoms in total. The zero-order chi connectivity index (χ0) is 24.1. The maximum atomic E-state index is 12.9. The van der Waals surface area contributed by atoms with Crippen molar-refractivity contribution in [3.8, 4) is 5.75 Å². The van der Waals surface area contributed by atoms with Crippen LogP contribution < -0.4 is 9.46 Å². The molecule has 1 aliphatic heterocycles. The first-order chi connectivity index (χ1) is 14.9. The van der Waals surface area contributed by atoms with Crippen LogP contribution in [0.4, 0.5) is 18.9 Å². The van der Waals surface area contributed by atoms with Gasteiger partial charge < -0.3 is 18.9 Å². The third-order valence-corrected chi connectivity index (χ3v) is 5.62. The molecular weight excluding hydrogens is 447 g/mol. The average Bonchev–Trinajstić information content (AvgIpc) is 2.71. The molecule has 0 bridgehead atoms. The van der Waals surface area contributed by atoms with Crippen molar-refractivity contribution in [1.29, 1.82) is 0 Å². The maximum absolute atomic E-state index is 12.9. The molecule has 11 heteroatoms. The second-order valence-corrected chi connectivity index (χ2v) is 8.17. The van der Waals surface area contributed by atoms with Gasteiger partial charge in [0.05, 0.1) is 5.69 Å². The molecule has 1 saturated heterocycles. The Kier molecular flexibility index (Phi) is 8.27. The van der Waals surface area contributed by atoms with Crippen LogP contribution in [0.5, 0.6) is 5.75 Å². The smallest absolute Gasteiger partial charge is 0.573 e. The van der Waals surface area contributed by atoms with Crippen molar-refractivity contribution in [3.63, 3.8) is 0 Å². The molecule has 1 N–H and O–H groups in total. The lowest BCUT2D eigenvalue weighted by atomic mass is 9.90. The highest BCUT2D eigenvalue weighted by Crippen LogP contribution is 2.32. The molecule has 2 rings (SSSR count). The number of anilines is 1. The van der Waals surface area contributed by atoms with E-state index in [-0.39, 0.29) is 11.1 Å². The molecule has 1 heterocycles. The summed E-state index contributed by atoms with van der Waals surface area (Å²) in [7, 11) is 0. The van der Waals surface area contributed by atoms with Crippen molar-refractivity contribution >= 4 is 22.9 Å². The number of benzene rings is 1. The third kappa shape index (κ3) is 6.44. The van der Waals surface area contributed by atoms with E-state index < -0.39 is 35.0 Å². The number of piperazine rings is 1. The predicted octanol–water partition coefficient (Wildman–Crippen LogP) is 3.63. The highest BCUT2D eigenvalue weighted by atomic mass is 32.2. The topological polar surface area (TPSA) is 84.9 Å². The lowest BCUT2D eigenvalue weighted by Crippen LogP contribution is -2.56. The molecule has 0 spiro atoms. The molecule has 1 fully saturated rings. The van der Waals surface area contributed by atoms with Gasteiger partial charge in [0.15, 0.2) is 5.75 Å². The van der Waals surface area contributed by atoms with Gasteiger partial charge in [0.1, 0.15) is 0 Å². The Labute approximate surface area is 187 Å². The number of ether oxygens (including phenoxy) is 1. The monoisotopic (exact) mass is 472 g/mol. The van der Waals surface area contributed by atoms with Gasteiger partial charge in [0, 0.05) is 48.5 Å². The van der Waals surface area contributed by atoms with Crippen LogP contribution in [0, 0.1) is 0 Å². The van der Waals surface area contributed by atoms with Crippen LogP contribution in [0.3, 0.4) is 0 Å². The quantitative estimate of drug-likeness (QED) is 0.461. The van der Waals surface area contributed by atoms with Crippen LogP contribution in [0.25, 0.3) is 0 Å². The van der Waals surface area contributed by atoms with Crippen LogP contribution in [-0.2, 0) is 11.3 Å². The van der Waals surface area contributed by atoms with Crippen LogP contribution in [0.2, 0.25) is 0 Å². The summed E-state index contributed by atoms with van der Waals surface area (Å²) in [6.07, 6.45) is 0.255. The van der Waals surface area contributed by atoms with Crippen LogP contribution in [-0.4, -0.2) is 62.5 Å². The van der Waals surface area contributed by atoms with Gasteiger partial charge in [-0.25, -0.2) is 0 Å². The van der Waals surface area contributed by atoms with Crippen molar-refractivity contribution in [1.82, 2.24) is 9.80 Å². The zero-order valence-corrected chi connectivity index (χ0v) is 18.6. The van der Waals surface area contributed by atoms with Crippen LogP contribution in [0.15, 0.2) is 55.2 Å². The second kappa shape index (κ2) is 10.3. The number of carbonyl (C=O) groups excluding carboxylic acids is 1. The third-order valence-electron chi connectivity index (χ3n) is 5.23. The average molecular weight is 473 g/mol. The van der Waals surface area contributed by atoms with Gasteiger partial charge in [-0.3, -0.25) is 13.9 Å². The Bertz CT molecular complexity index is 923. The number of halogens is 3. The number of hydrogen-bond acceptors (Lipinski definition) is 5. The largest absolute Gasteiger partial charge is 0.755 e. The van der Waals surface area contributed by atoms with E-state index in [0.29, 0.717) is 26.2 Å². The van der Waals surface area contributed by atoms with Crippen LogP contribution >= 0.6 is 0 Å². The van der Waals surface area contributed by atoms with E-state index in [9.17, 15) is 26.7 Å². The first-order valence-corrected chi connectivity index (χ1v) is 10.7. The van der Waals surface area contributed by atoms with E-state index in [1.54, 1.807) is 12.2 Å². The fraction of sp³-hybridized carbons (Fsp3) is 0.381. The van der Waals surface area contributed by atoms with Gasteiger partial charge in [0.2, 0.25) is 0 Å². The Morgan fingerprint density at radius 2 is 1.84 bits per heavy atom. The minimum absolute atomic E-state index is 0.0440. The lowest BCUT2D eigenvalue weighted by Gasteiger charge is -2.44. The van der Waals surface area contributed by atoms with Gasteiger partial charge in [-0.15, -0.1) is 13.2 Å². The molecule has 1 unspecified atom stereocenters. The van der Waals surface area contributed by atoms with E-state index >= 15 is 0 Å². The molecule has 0 saturated carbocycles. The van der Waals surface area contributed by atoms with E-state index in [1.807, 2.05) is 24.6 Å². The van der Waals surface area contributed by atoms with E-state index in [0.717, 1.165) is 17.7 Å². The first-order valence-electron chi connectivity index (χ1n) is 9.64. The molecule has 0 radical (unpaired) electrons. The van der Waals surface area contributed by atoms with E-state index in [1.165, 1.54) is 11.0 Å². The minimum Gasteiger partial charge on any atom is -0.755 e. The van der Waals surface area contributed by atoms with E-state index in [2.05, 4.69) is 22.8 Å². The molecule has 32 heavy (non-hydrogen) atoms. The molecular formula is C21H25F3N3O4S-. The Balaban J connectivity index is 2.18. The number of nitrogens with one attached hydrogen (secondary N) is 1.